The molecule has 0 aromatic heterocycles. The van der Waals surface area contributed by atoms with Gasteiger partial charge in [-0.2, -0.15) is 0 Å². The molecule has 2 saturated heterocycles. The first-order chi connectivity index (χ1) is 10.2. The normalized spacial score (nSPS) is 31.3. The van der Waals surface area contributed by atoms with Gasteiger partial charge in [0, 0.05) is 12.5 Å². The highest BCUT2D eigenvalue weighted by atomic mass is 16.6. The summed E-state index contributed by atoms with van der Waals surface area (Å²) in [5, 5.41) is 13.0. The van der Waals surface area contributed by atoms with Crippen molar-refractivity contribution >= 4 is 11.4 Å². The van der Waals surface area contributed by atoms with Crippen molar-refractivity contribution in [2.75, 3.05) is 30.8 Å². The monoisotopic (exact) mass is 292 g/mol. The van der Waals surface area contributed by atoms with Crippen molar-refractivity contribution < 1.29 is 14.6 Å². The number of ether oxygens (including phenoxy) is 2. The highest BCUT2D eigenvalue weighted by Gasteiger charge is 2.46. The largest absolute Gasteiger partial charge is 0.397 e. The lowest BCUT2D eigenvalue weighted by Crippen LogP contribution is -2.29. The van der Waals surface area contributed by atoms with E-state index < -0.39 is 6.10 Å². The van der Waals surface area contributed by atoms with Gasteiger partial charge < -0.3 is 25.6 Å². The molecule has 0 unspecified atom stereocenters. The van der Waals surface area contributed by atoms with E-state index >= 15 is 0 Å². The highest BCUT2D eigenvalue weighted by Crippen LogP contribution is 2.34. The lowest BCUT2D eigenvalue weighted by molar-refractivity contribution is 0.0167. The minimum Gasteiger partial charge on any atom is -0.397 e. The Morgan fingerprint density at radius 2 is 2.10 bits per heavy atom. The van der Waals surface area contributed by atoms with Crippen molar-refractivity contribution in [3.8, 4) is 0 Å². The Hall–Kier alpha value is -1.30. The SMILES string of the molecule is CCNc1cc(CC[C@@H]2CO[C@H]3[C@@H]2OC[C@H]3O)ccc1N. The van der Waals surface area contributed by atoms with Crippen molar-refractivity contribution in [2.24, 2.45) is 5.92 Å². The molecule has 0 radical (unpaired) electrons. The second-order valence-corrected chi connectivity index (χ2v) is 5.91. The Morgan fingerprint density at radius 3 is 2.90 bits per heavy atom. The number of anilines is 2. The zero-order chi connectivity index (χ0) is 14.8. The summed E-state index contributed by atoms with van der Waals surface area (Å²) < 4.78 is 11.3. The van der Waals surface area contributed by atoms with Gasteiger partial charge in [0.2, 0.25) is 0 Å². The average molecular weight is 292 g/mol. The number of hydrogen-bond donors (Lipinski definition) is 3. The minimum absolute atomic E-state index is 0.0574. The summed E-state index contributed by atoms with van der Waals surface area (Å²) in [5.41, 5.74) is 9.00. The molecule has 5 heteroatoms. The lowest BCUT2D eigenvalue weighted by Gasteiger charge is -2.16. The standard InChI is InChI=1S/C16H24N2O3/c1-2-18-13-7-10(4-6-12(13)17)3-5-11-8-20-16-14(19)9-21-15(11)16/h4,6-7,11,14-16,18-19H,2-3,5,8-9,17H2,1H3/t11-,14-,15-,16-/m1/s1. The van der Waals surface area contributed by atoms with E-state index in [-0.39, 0.29) is 12.2 Å². The number of fused-ring (bicyclic) bond motifs is 1. The minimum atomic E-state index is -0.461. The van der Waals surface area contributed by atoms with Crippen LogP contribution in [0.5, 0.6) is 0 Å². The number of hydrogen-bond acceptors (Lipinski definition) is 5. The van der Waals surface area contributed by atoms with Gasteiger partial charge in [0.1, 0.15) is 12.2 Å². The van der Waals surface area contributed by atoms with E-state index in [2.05, 4.69) is 24.4 Å². The summed E-state index contributed by atoms with van der Waals surface area (Å²) >= 11 is 0. The predicted octanol–water partition coefficient (Wildman–Crippen LogP) is 1.41. The van der Waals surface area contributed by atoms with Crippen LogP contribution in [-0.2, 0) is 15.9 Å². The van der Waals surface area contributed by atoms with Crippen LogP contribution in [0.1, 0.15) is 18.9 Å². The van der Waals surface area contributed by atoms with Crippen molar-refractivity contribution in [1.82, 2.24) is 0 Å². The Kier molecular flexibility index (Phi) is 4.33. The van der Waals surface area contributed by atoms with Gasteiger partial charge in [-0.1, -0.05) is 6.07 Å². The molecule has 4 atom stereocenters. The molecule has 0 spiro atoms. The number of aliphatic hydroxyl groups is 1. The molecule has 21 heavy (non-hydrogen) atoms. The molecular weight excluding hydrogens is 268 g/mol. The van der Waals surface area contributed by atoms with E-state index in [1.807, 2.05) is 6.07 Å². The molecule has 116 valence electrons. The summed E-state index contributed by atoms with van der Waals surface area (Å²) in [6.07, 6.45) is 1.44. The summed E-state index contributed by atoms with van der Waals surface area (Å²) in [4.78, 5) is 0. The van der Waals surface area contributed by atoms with Crippen LogP contribution in [0.15, 0.2) is 18.2 Å². The molecule has 3 rings (SSSR count). The Bertz CT molecular complexity index is 494. The molecule has 2 fully saturated rings. The average Bonchev–Trinajstić information content (AvgIpc) is 3.04. The Morgan fingerprint density at radius 1 is 1.29 bits per heavy atom. The molecule has 4 N–H and O–H groups in total. The molecule has 0 bridgehead atoms. The number of nitrogens with one attached hydrogen (secondary N) is 1. The second kappa shape index (κ2) is 6.22. The summed E-state index contributed by atoms with van der Waals surface area (Å²) in [6.45, 7) is 4.00. The summed E-state index contributed by atoms with van der Waals surface area (Å²) in [7, 11) is 0. The zero-order valence-electron chi connectivity index (χ0n) is 12.4. The topological polar surface area (TPSA) is 76.7 Å². The maximum absolute atomic E-state index is 9.76. The van der Waals surface area contributed by atoms with Crippen LogP contribution in [0, 0.1) is 5.92 Å². The van der Waals surface area contributed by atoms with Gasteiger partial charge in [-0.05, 0) is 37.5 Å². The molecule has 1 aromatic rings. The first kappa shape index (κ1) is 14.6. The fraction of sp³-hybridized carbons (Fsp3) is 0.625. The van der Waals surface area contributed by atoms with Crippen molar-refractivity contribution in [2.45, 2.75) is 38.1 Å². The third-order valence-corrected chi connectivity index (χ3v) is 4.42. The molecule has 1 aromatic carbocycles. The molecule has 0 amide bonds. The first-order valence-corrected chi connectivity index (χ1v) is 7.72. The third-order valence-electron chi connectivity index (χ3n) is 4.42. The van der Waals surface area contributed by atoms with Crippen LogP contribution < -0.4 is 11.1 Å². The fourth-order valence-electron chi connectivity index (χ4n) is 3.26. The molecule has 2 heterocycles. The Balaban J connectivity index is 1.59. The molecule has 2 aliphatic heterocycles. The van der Waals surface area contributed by atoms with E-state index in [4.69, 9.17) is 15.2 Å². The Labute approximate surface area is 125 Å². The second-order valence-electron chi connectivity index (χ2n) is 5.91. The maximum Gasteiger partial charge on any atom is 0.112 e. The van der Waals surface area contributed by atoms with Crippen molar-refractivity contribution in [3.05, 3.63) is 23.8 Å². The van der Waals surface area contributed by atoms with E-state index in [1.54, 1.807) is 0 Å². The van der Waals surface area contributed by atoms with Crippen LogP contribution >= 0.6 is 0 Å². The molecule has 0 saturated carbocycles. The van der Waals surface area contributed by atoms with Crippen LogP contribution in [0.3, 0.4) is 0 Å². The van der Waals surface area contributed by atoms with Crippen molar-refractivity contribution in [1.29, 1.82) is 0 Å². The molecular formula is C16H24N2O3. The van der Waals surface area contributed by atoms with Crippen LogP contribution in [0.25, 0.3) is 0 Å². The lowest BCUT2D eigenvalue weighted by atomic mass is 9.94. The highest BCUT2D eigenvalue weighted by molar-refractivity contribution is 5.66. The van der Waals surface area contributed by atoms with E-state index in [0.29, 0.717) is 19.1 Å². The fourth-order valence-corrected chi connectivity index (χ4v) is 3.26. The molecule has 0 aliphatic carbocycles. The zero-order valence-corrected chi connectivity index (χ0v) is 12.4. The van der Waals surface area contributed by atoms with Gasteiger partial charge in [-0.25, -0.2) is 0 Å². The number of aliphatic hydroxyl groups excluding tert-OH is 1. The smallest absolute Gasteiger partial charge is 0.112 e. The molecule has 5 nitrogen and oxygen atoms in total. The maximum atomic E-state index is 9.76. The van der Waals surface area contributed by atoms with E-state index in [9.17, 15) is 5.11 Å². The van der Waals surface area contributed by atoms with Gasteiger partial charge in [0.05, 0.1) is 30.7 Å². The number of nitrogen functional groups attached to an aromatic ring is 1. The number of nitrogens with two attached hydrogens (primary N) is 1. The number of benzene rings is 1. The first-order valence-electron chi connectivity index (χ1n) is 7.72. The van der Waals surface area contributed by atoms with Crippen LogP contribution in [0.2, 0.25) is 0 Å². The van der Waals surface area contributed by atoms with Gasteiger partial charge in [-0.3, -0.25) is 0 Å². The van der Waals surface area contributed by atoms with Crippen LogP contribution in [-0.4, -0.2) is 43.2 Å². The summed E-state index contributed by atoms with van der Waals surface area (Å²) in [6, 6.07) is 6.15. The van der Waals surface area contributed by atoms with E-state index in [1.165, 1.54) is 5.56 Å². The van der Waals surface area contributed by atoms with Crippen molar-refractivity contribution in [3.63, 3.8) is 0 Å². The number of rotatable bonds is 5. The third kappa shape index (κ3) is 3.00. The summed E-state index contributed by atoms with van der Waals surface area (Å²) in [5.74, 6) is 0.368. The number of aryl methyl sites for hydroxylation is 1. The van der Waals surface area contributed by atoms with Gasteiger partial charge in [0.25, 0.3) is 0 Å². The van der Waals surface area contributed by atoms with Gasteiger partial charge >= 0.3 is 0 Å². The van der Waals surface area contributed by atoms with Gasteiger partial charge in [-0.15, -0.1) is 0 Å². The molecule has 2 aliphatic rings. The van der Waals surface area contributed by atoms with E-state index in [0.717, 1.165) is 30.8 Å². The predicted molar refractivity (Wildman–Crippen MR) is 82.3 cm³/mol. The van der Waals surface area contributed by atoms with Crippen LogP contribution in [0.4, 0.5) is 11.4 Å². The quantitative estimate of drug-likeness (QED) is 0.715. The van der Waals surface area contributed by atoms with Gasteiger partial charge in [0.15, 0.2) is 0 Å².